The van der Waals surface area contributed by atoms with Crippen LogP contribution < -0.4 is 4.90 Å². The van der Waals surface area contributed by atoms with Gasteiger partial charge in [0.25, 0.3) is 0 Å². The van der Waals surface area contributed by atoms with Crippen molar-refractivity contribution in [1.82, 2.24) is 0 Å². The van der Waals surface area contributed by atoms with E-state index < -0.39 is 5.97 Å². The summed E-state index contributed by atoms with van der Waals surface area (Å²) in [5, 5.41) is 9.18. The lowest BCUT2D eigenvalue weighted by molar-refractivity contribution is -0.141. The molecule has 3 nitrogen and oxygen atoms in total. The van der Waals surface area contributed by atoms with Crippen molar-refractivity contribution in [3.8, 4) is 0 Å². The lowest BCUT2D eigenvalue weighted by atomic mass is 9.96. The van der Waals surface area contributed by atoms with Crippen LogP contribution in [0.25, 0.3) is 0 Å². The highest BCUT2D eigenvalue weighted by Crippen LogP contribution is 2.42. The summed E-state index contributed by atoms with van der Waals surface area (Å²) in [4.78, 5) is 13.4. The number of benzene rings is 1. The van der Waals surface area contributed by atoms with Crippen molar-refractivity contribution in [2.75, 3.05) is 11.4 Å². The van der Waals surface area contributed by atoms with E-state index in [0.29, 0.717) is 0 Å². The van der Waals surface area contributed by atoms with Gasteiger partial charge in [0.05, 0.1) is 5.92 Å². The monoisotopic (exact) mass is 217 g/mol. The van der Waals surface area contributed by atoms with Gasteiger partial charge < -0.3 is 10.0 Å². The third kappa shape index (κ3) is 1.17. The molecule has 2 aliphatic rings. The zero-order chi connectivity index (χ0) is 11.3. The average molecular weight is 217 g/mol. The van der Waals surface area contributed by atoms with E-state index in [2.05, 4.69) is 30.0 Å². The second kappa shape index (κ2) is 3.24. The van der Waals surface area contributed by atoms with E-state index in [0.717, 1.165) is 19.4 Å². The fourth-order valence-electron chi connectivity index (χ4n) is 3.19. The molecule has 0 aromatic heterocycles. The second-order valence-electron chi connectivity index (χ2n) is 4.78. The molecule has 3 heteroatoms. The van der Waals surface area contributed by atoms with Gasteiger partial charge in [-0.3, -0.25) is 4.79 Å². The number of anilines is 1. The van der Waals surface area contributed by atoms with Crippen molar-refractivity contribution in [1.29, 1.82) is 0 Å². The van der Waals surface area contributed by atoms with Gasteiger partial charge in [-0.1, -0.05) is 18.2 Å². The highest BCUT2D eigenvalue weighted by molar-refractivity contribution is 5.76. The zero-order valence-corrected chi connectivity index (χ0v) is 9.31. The summed E-state index contributed by atoms with van der Waals surface area (Å²) in [7, 11) is 0. The van der Waals surface area contributed by atoms with Gasteiger partial charge in [0.2, 0.25) is 0 Å². The summed E-state index contributed by atoms with van der Waals surface area (Å²) in [6.45, 7) is 2.99. The fraction of sp³-hybridized carbons (Fsp3) is 0.462. The summed E-state index contributed by atoms with van der Waals surface area (Å²) >= 11 is 0. The summed E-state index contributed by atoms with van der Waals surface area (Å²) in [5.74, 6) is -0.829. The number of fused-ring (bicyclic) bond motifs is 3. The summed E-state index contributed by atoms with van der Waals surface area (Å²) in [6, 6.07) is 6.48. The van der Waals surface area contributed by atoms with Crippen molar-refractivity contribution < 1.29 is 9.90 Å². The number of para-hydroxylation sites is 1. The molecular weight excluding hydrogens is 202 g/mol. The highest BCUT2D eigenvalue weighted by atomic mass is 16.4. The standard InChI is InChI=1S/C13H15NO2/c1-8-3-2-4-9-7-11-10(13(15)16)5-6-14(11)12(8)9/h2-4,10-11H,5-7H2,1H3,(H,15,16). The Balaban J connectivity index is 2.01. The van der Waals surface area contributed by atoms with Gasteiger partial charge in [0.1, 0.15) is 0 Å². The number of nitrogens with zero attached hydrogens (tertiary/aromatic N) is 1. The number of hydrogen-bond acceptors (Lipinski definition) is 2. The number of hydrogen-bond donors (Lipinski definition) is 1. The molecule has 0 amide bonds. The first-order chi connectivity index (χ1) is 7.68. The maximum atomic E-state index is 11.2. The molecule has 0 bridgehead atoms. The number of carbonyl (C=O) groups is 1. The Morgan fingerprint density at radius 1 is 1.50 bits per heavy atom. The number of carboxylic acid groups (broad SMARTS) is 1. The van der Waals surface area contributed by atoms with Gasteiger partial charge in [0.15, 0.2) is 0 Å². The first kappa shape index (κ1) is 9.70. The van der Waals surface area contributed by atoms with Gasteiger partial charge in [-0.05, 0) is 30.9 Å². The minimum absolute atomic E-state index is 0.188. The van der Waals surface area contributed by atoms with Crippen molar-refractivity contribution >= 4 is 11.7 Å². The zero-order valence-electron chi connectivity index (χ0n) is 9.31. The minimum Gasteiger partial charge on any atom is -0.481 e. The maximum absolute atomic E-state index is 11.2. The Labute approximate surface area is 94.7 Å². The molecule has 1 fully saturated rings. The third-order valence-electron chi connectivity index (χ3n) is 3.90. The second-order valence-corrected chi connectivity index (χ2v) is 4.78. The lowest BCUT2D eigenvalue weighted by Crippen LogP contribution is -2.32. The smallest absolute Gasteiger partial charge is 0.308 e. The molecule has 1 aromatic rings. The molecule has 2 aliphatic heterocycles. The molecule has 2 unspecified atom stereocenters. The van der Waals surface area contributed by atoms with Crippen LogP contribution >= 0.6 is 0 Å². The van der Waals surface area contributed by atoms with Crippen molar-refractivity contribution in [2.24, 2.45) is 5.92 Å². The molecule has 1 aromatic carbocycles. The van der Waals surface area contributed by atoms with Crippen LogP contribution in [0.3, 0.4) is 0 Å². The van der Waals surface area contributed by atoms with E-state index in [9.17, 15) is 9.90 Å². The van der Waals surface area contributed by atoms with Crippen LogP contribution in [0.5, 0.6) is 0 Å². The normalized spacial score (nSPS) is 26.7. The highest BCUT2D eigenvalue weighted by Gasteiger charge is 2.43. The molecule has 3 rings (SSSR count). The van der Waals surface area contributed by atoms with Gasteiger partial charge in [-0.15, -0.1) is 0 Å². The quantitative estimate of drug-likeness (QED) is 0.780. The van der Waals surface area contributed by atoms with Crippen LogP contribution in [-0.2, 0) is 11.2 Å². The predicted octanol–water partition coefficient (Wildman–Crippen LogP) is 1.83. The van der Waals surface area contributed by atoms with E-state index >= 15 is 0 Å². The SMILES string of the molecule is Cc1cccc2c1N1CCC(C(=O)O)C1C2. The average Bonchev–Trinajstić information content (AvgIpc) is 2.74. The first-order valence-corrected chi connectivity index (χ1v) is 5.76. The minimum atomic E-state index is -0.641. The summed E-state index contributed by atoms with van der Waals surface area (Å²) < 4.78 is 0. The maximum Gasteiger partial charge on any atom is 0.308 e. The van der Waals surface area contributed by atoms with Crippen LogP contribution in [0, 0.1) is 12.8 Å². The Morgan fingerprint density at radius 2 is 2.31 bits per heavy atom. The molecule has 2 atom stereocenters. The van der Waals surface area contributed by atoms with E-state index in [1.165, 1.54) is 16.8 Å². The summed E-state index contributed by atoms with van der Waals surface area (Å²) in [6.07, 6.45) is 1.68. The Morgan fingerprint density at radius 3 is 3.06 bits per heavy atom. The molecule has 0 aliphatic carbocycles. The fourth-order valence-corrected chi connectivity index (χ4v) is 3.19. The topological polar surface area (TPSA) is 40.5 Å². The Hall–Kier alpha value is -1.51. The Kier molecular flexibility index (Phi) is 1.96. The number of aliphatic carboxylic acids is 1. The lowest BCUT2D eigenvalue weighted by Gasteiger charge is -2.21. The van der Waals surface area contributed by atoms with Gasteiger partial charge >= 0.3 is 5.97 Å². The molecule has 0 radical (unpaired) electrons. The Bertz CT molecular complexity index is 455. The van der Waals surface area contributed by atoms with Crippen molar-refractivity contribution in [2.45, 2.75) is 25.8 Å². The molecule has 0 spiro atoms. The van der Waals surface area contributed by atoms with Crippen molar-refractivity contribution in [3.63, 3.8) is 0 Å². The van der Waals surface area contributed by atoms with Crippen LogP contribution in [0.4, 0.5) is 5.69 Å². The molecule has 2 heterocycles. The molecule has 1 saturated heterocycles. The van der Waals surface area contributed by atoms with E-state index in [-0.39, 0.29) is 12.0 Å². The van der Waals surface area contributed by atoms with E-state index in [1.807, 2.05) is 0 Å². The van der Waals surface area contributed by atoms with Gasteiger partial charge in [0, 0.05) is 18.3 Å². The van der Waals surface area contributed by atoms with Crippen LogP contribution in [0.1, 0.15) is 17.5 Å². The number of rotatable bonds is 1. The van der Waals surface area contributed by atoms with Gasteiger partial charge in [-0.25, -0.2) is 0 Å². The predicted molar refractivity (Wildman–Crippen MR) is 61.8 cm³/mol. The molecule has 84 valence electrons. The molecule has 1 N–H and O–H groups in total. The molecule has 0 saturated carbocycles. The molecule has 16 heavy (non-hydrogen) atoms. The van der Waals surface area contributed by atoms with Crippen LogP contribution in [0.15, 0.2) is 18.2 Å². The van der Waals surface area contributed by atoms with E-state index in [1.54, 1.807) is 0 Å². The largest absolute Gasteiger partial charge is 0.481 e. The first-order valence-electron chi connectivity index (χ1n) is 5.76. The summed E-state index contributed by atoms with van der Waals surface area (Å²) in [5.41, 5.74) is 3.87. The van der Waals surface area contributed by atoms with Gasteiger partial charge in [-0.2, -0.15) is 0 Å². The van der Waals surface area contributed by atoms with E-state index in [4.69, 9.17) is 0 Å². The number of aryl methyl sites for hydroxylation is 1. The van der Waals surface area contributed by atoms with Crippen LogP contribution in [0.2, 0.25) is 0 Å². The number of carboxylic acids is 1. The molecular formula is C13H15NO2. The van der Waals surface area contributed by atoms with Crippen molar-refractivity contribution in [3.05, 3.63) is 29.3 Å². The third-order valence-corrected chi connectivity index (χ3v) is 3.90. The van der Waals surface area contributed by atoms with Crippen LogP contribution in [-0.4, -0.2) is 23.7 Å².